The van der Waals surface area contributed by atoms with Crippen LogP contribution in [0.5, 0.6) is 11.5 Å². The monoisotopic (exact) mass is 609 g/mol. The first-order chi connectivity index (χ1) is 19.1. The molecule has 2 aliphatic rings. The number of hydrogen-bond donors (Lipinski definition) is 0. The van der Waals surface area contributed by atoms with Crippen molar-refractivity contribution in [3.8, 4) is 11.5 Å². The number of carbonyl (C=O) groups is 1. The summed E-state index contributed by atoms with van der Waals surface area (Å²) in [6.07, 6.45) is -11.8. The standard InChI is InChI=1S/C27H26F7NO5S/c1-2-39-19-6-4-17(5-7-19)18-14-24(36)35(41(37,38)21-9-10-21)25(16-18,27(32,33)34)22-11-8-20(15-23(22)28)40-13-3-12-26(29,30)31/h4-8,11,14-15,21H,2-3,9-10,12-13,16H2,1H3. The van der Waals surface area contributed by atoms with Crippen molar-refractivity contribution in [2.24, 2.45) is 0 Å². The third-order valence-electron chi connectivity index (χ3n) is 6.76. The van der Waals surface area contributed by atoms with E-state index in [2.05, 4.69) is 0 Å². The van der Waals surface area contributed by atoms with Gasteiger partial charge < -0.3 is 9.47 Å². The molecule has 0 saturated heterocycles. The molecule has 1 amide bonds. The molecule has 224 valence electrons. The van der Waals surface area contributed by atoms with Crippen LogP contribution >= 0.6 is 0 Å². The van der Waals surface area contributed by atoms with Crippen LogP contribution in [-0.4, -0.2) is 49.4 Å². The van der Waals surface area contributed by atoms with E-state index in [1.807, 2.05) is 0 Å². The van der Waals surface area contributed by atoms with E-state index in [9.17, 15) is 26.4 Å². The SMILES string of the molecule is CCOc1ccc(C2=CC(=O)N(S(=O)(=O)C3CC3)C(c3ccc(OCCCC(F)(F)F)cc3F)(C(F)(F)F)C2)cc1. The predicted molar refractivity (Wildman–Crippen MR) is 134 cm³/mol. The van der Waals surface area contributed by atoms with Gasteiger partial charge in [0.2, 0.25) is 10.0 Å². The smallest absolute Gasteiger partial charge is 0.417 e. The average Bonchev–Trinajstić information content (AvgIpc) is 3.72. The fourth-order valence-corrected chi connectivity index (χ4v) is 6.76. The Hall–Kier alpha value is -3.29. The first-order valence-electron chi connectivity index (χ1n) is 12.7. The highest BCUT2D eigenvalue weighted by atomic mass is 32.2. The molecule has 1 heterocycles. The molecule has 1 unspecified atom stereocenters. The minimum Gasteiger partial charge on any atom is -0.494 e. The van der Waals surface area contributed by atoms with Crippen LogP contribution in [0.2, 0.25) is 0 Å². The highest BCUT2D eigenvalue weighted by Crippen LogP contribution is 2.55. The third kappa shape index (κ3) is 6.31. The Balaban J connectivity index is 1.80. The summed E-state index contributed by atoms with van der Waals surface area (Å²) in [4.78, 5) is 13.3. The molecule has 0 bridgehead atoms. The van der Waals surface area contributed by atoms with Gasteiger partial charge in [0, 0.05) is 30.5 Å². The van der Waals surface area contributed by atoms with Gasteiger partial charge in [-0.15, -0.1) is 0 Å². The topological polar surface area (TPSA) is 72.9 Å². The summed E-state index contributed by atoms with van der Waals surface area (Å²) in [5, 5.41) is -1.23. The van der Waals surface area contributed by atoms with Crippen molar-refractivity contribution in [3.05, 3.63) is 65.5 Å². The number of rotatable bonds is 10. The molecule has 2 aromatic rings. The van der Waals surface area contributed by atoms with Gasteiger partial charge in [-0.2, -0.15) is 26.3 Å². The quantitative estimate of drug-likeness (QED) is 0.227. The third-order valence-corrected chi connectivity index (χ3v) is 9.07. The highest BCUT2D eigenvalue weighted by molar-refractivity contribution is 7.90. The van der Waals surface area contributed by atoms with Gasteiger partial charge in [-0.05, 0) is 61.6 Å². The second kappa shape index (κ2) is 11.2. The van der Waals surface area contributed by atoms with Gasteiger partial charge in [-0.1, -0.05) is 12.1 Å². The number of hydrogen-bond acceptors (Lipinski definition) is 5. The first kappa shape index (κ1) is 30.7. The van der Waals surface area contributed by atoms with Crippen LogP contribution in [0, 0.1) is 5.82 Å². The zero-order valence-electron chi connectivity index (χ0n) is 21.7. The molecule has 4 rings (SSSR count). The molecule has 0 aromatic heterocycles. The second-order valence-corrected chi connectivity index (χ2v) is 11.8. The van der Waals surface area contributed by atoms with Gasteiger partial charge in [0.05, 0.1) is 18.5 Å². The zero-order chi connectivity index (χ0) is 30.2. The molecule has 14 heteroatoms. The molecular formula is C27H26F7NO5S. The fourth-order valence-electron chi connectivity index (χ4n) is 4.73. The molecule has 1 atom stereocenters. The van der Waals surface area contributed by atoms with E-state index in [-0.39, 0.29) is 34.0 Å². The number of amides is 1. The number of sulfonamides is 1. The summed E-state index contributed by atoms with van der Waals surface area (Å²) in [6, 6.07) is 7.86. The van der Waals surface area contributed by atoms with Gasteiger partial charge in [0.15, 0.2) is 5.54 Å². The van der Waals surface area contributed by atoms with Gasteiger partial charge in [-0.25, -0.2) is 17.1 Å². The lowest BCUT2D eigenvalue weighted by Gasteiger charge is -2.46. The van der Waals surface area contributed by atoms with Gasteiger partial charge in [-0.3, -0.25) is 4.79 Å². The summed E-state index contributed by atoms with van der Waals surface area (Å²) < 4.78 is 135. The van der Waals surface area contributed by atoms with Crippen molar-refractivity contribution < 1.29 is 53.4 Å². The number of nitrogens with zero attached hydrogens (tertiary/aromatic N) is 1. The molecule has 6 nitrogen and oxygen atoms in total. The van der Waals surface area contributed by atoms with Crippen molar-refractivity contribution in [3.63, 3.8) is 0 Å². The Bertz CT molecular complexity index is 1420. The van der Waals surface area contributed by atoms with E-state index < -0.39 is 76.3 Å². The van der Waals surface area contributed by atoms with Crippen LogP contribution in [-0.2, 0) is 20.4 Å². The van der Waals surface area contributed by atoms with E-state index in [1.54, 1.807) is 6.92 Å². The summed E-state index contributed by atoms with van der Waals surface area (Å²) in [7, 11) is -4.86. The molecule has 0 spiro atoms. The van der Waals surface area contributed by atoms with Crippen LogP contribution in [0.15, 0.2) is 48.5 Å². The van der Waals surface area contributed by atoms with Gasteiger partial charge in [0.25, 0.3) is 5.91 Å². The highest BCUT2D eigenvalue weighted by Gasteiger charge is 2.68. The summed E-state index contributed by atoms with van der Waals surface area (Å²) in [6.45, 7) is 1.57. The van der Waals surface area contributed by atoms with Crippen LogP contribution in [0.4, 0.5) is 30.7 Å². The number of ether oxygens (including phenoxy) is 2. The Kier molecular flexibility index (Phi) is 8.36. The maximum atomic E-state index is 15.6. The first-order valence-corrected chi connectivity index (χ1v) is 14.2. The minimum atomic E-state index is -5.48. The summed E-state index contributed by atoms with van der Waals surface area (Å²) >= 11 is 0. The normalized spacial score (nSPS) is 20.1. The zero-order valence-corrected chi connectivity index (χ0v) is 22.5. The van der Waals surface area contributed by atoms with Crippen molar-refractivity contribution in [1.82, 2.24) is 4.31 Å². The predicted octanol–water partition coefficient (Wildman–Crippen LogP) is 6.51. The van der Waals surface area contributed by atoms with E-state index in [0.717, 1.165) is 12.1 Å². The lowest BCUT2D eigenvalue weighted by atomic mass is 9.78. The van der Waals surface area contributed by atoms with E-state index in [1.165, 1.54) is 24.3 Å². The molecular weight excluding hydrogens is 583 g/mol. The maximum Gasteiger partial charge on any atom is 0.417 e. The number of benzene rings is 2. The van der Waals surface area contributed by atoms with Crippen LogP contribution in [0.25, 0.3) is 5.57 Å². The molecule has 1 saturated carbocycles. The van der Waals surface area contributed by atoms with Crippen molar-refractivity contribution >= 4 is 21.5 Å². The number of halogens is 7. The Morgan fingerprint density at radius 1 is 0.976 bits per heavy atom. The van der Waals surface area contributed by atoms with Gasteiger partial charge in [0.1, 0.15) is 17.3 Å². The molecule has 1 aliphatic heterocycles. The van der Waals surface area contributed by atoms with E-state index in [4.69, 9.17) is 9.47 Å². The Labute approximate surface area is 231 Å². The Morgan fingerprint density at radius 2 is 1.61 bits per heavy atom. The average molecular weight is 610 g/mol. The van der Waals surface area contributed by atoms with Crippen LogP contribution < -0.4 is 9.47 Å². The molecule has 41 heavy (non-hydrogen) atoms. The lowest BCUT2D eigenvalue weighted by Crippen LogP contribution is -2.62. The largest absolute Gasteiger partial charge is 0.494 e. The van der Waals surface area contributed by atoms with Crippen molar-refractivity contribution in [2.45, 2.75) is 62.2 Å². The minimum absolute atomic E-state index is 0.0443. The lowest BCUT2D eigenvalue weighted by molar-refractivity contribution is -0.222. The molecule has 1 fully saturated rings. The molecule has 1 aliphatic carbocycles. The van der Waals surface area contributed by atoms with Crippen molar-refractivity contribution in [2.75, 3.05) is 13.2 Å². The van der Waals surface area contributed by atoms with Crippen LogP contribution in [0.3, 0.4) is 0 Å². The summed E-state index contributed by atoms with van der Waals surface area (Å²) in [5.74, 6) is -2.95. The number of alkyl halides is 6. The van der Waals surface area contributed by atoms with E-state index >= 15 is 17.6 Å². The van der Waals surface area contributed by atoms with Crippen LogP contribution in [0.1, 0.15) is 50.2 Å². The molecule has 0 N–H and O–H groups in total. The maximum absolute atomic E-state index is 15.6. The Morgan fingerprint density at radius 3 is 2.15 bits per heavy atom. The van der Waals surface area contributed by atoms with E-state index in [0.29, 0.717) is 24.5 Å². The number of carbonyl (C=O) groups excluding carboxylic acids is 1. The fraction of sp³-hybridized carbons (Fsp3) is 0.444. The molecule has 2 aromatic carbocycles. The van der Waals surface area contributed by atoms with Crippen molar-refractivity contribution in [1.29, 1.82) is 0 Å². The van der Waals surface area contributed by atoms with Gasteiger partial charge >= 0.3 is 12.4 Å². The summed E-state index contributed by atoms with van der Waals surface area (Å²) in [5.41, 5.74) is -4.79. The second-order valence-electron chi connectivity index (χ2n) is 9.72. The molecule has 0 radical (unpaired) electrons.